The van der Waals surface area contributed by atoms with E-state index >= 15 is 0 Å². The number of carbonyl (C=O) groups excluding carboxylic acids is 3. The summed E-state index contributed by atoms with van der Waals surface area (Å²) in [6.45, 7) is 2.43. The summed E-state index contributed by atoms with van der Waals surface area (Å²) < 4.78 is 32.0. The highest BCUT2D eigenvalue weighted by atomic mass is 35.5. The molecule has 1 aliphatic heterocycles. The molecule has 1 aliphatic rings. The van der Waals surface area contributed by atoms with Gasteiger partial charge in [-0.05, 0) is 55.5 Å². The van der Waals surface area contributed by atoms with E-state index in [0.717, 1.165) is 5.56 Å². The Bertz CT molecular complexity index is 1350. The first-order valence-corrected chi connectivity index (χ1v) is 13.1. The van der Waals surface area contributed by atoms with E-state index in [2.05, 4.69) is 5.32 Å². The van der Waals surface area contributed by atoms with Crippen LogP contribution in [0.1, 0.15) is 26.5 Å². The third kappa shape index (κ3) is 5.44. The van der Waals surface area contributed by atoms with E-state index in [9.17, 15) is 22.8 Å². The summed E-state index contributed by atoms with van der Waals surface area (Å²) in [5.74, 6) is -1.95. The van der Waals surface area contributed by atoms with E-state index in [0.29, 0.717) is 10.6 Å². The largest absolute Gasteiger partial charge is 0.459 e. The molecule has 2 heterocycles. The molecular weight excluding hydrogens is 506 g/mol. The summed E-state index contributed by atoms with van der Waals surface area (Å²) >= 11 is 5.89. The number of benzene rings is 2. The number of nitrogens with one attached hydrogen (secondary N) is 1. The van der Waals surface area contributed by atoms with Crippen LogP contribution in [0.5, 0.6) is 0 Å². The Morgan fingerprint density at radius 1 is 0.917 bits per heavy atom. The molecule has 36 heavy (non-hydrogen) atoms. The van der Waals surface area contributed by atoms with E-state index < -0.39 is 27.0 Å². The van der Waals surface area contributed by atoms with Crippen LogP contribution >= 0.6 is 11.6 Å². The number of aryl methyl sites for hydroxylation is 1. The summed E-state index contributed by atoms with van der Waals surface area (Å²) in [4.78, 5) is 41.7. The van der Waals surface area contributed by atoms with Crippen LogP contribution in [0.4, 0.5) is 0 Å². The Morgan fingerprint density at radius 3 is 2.11 bits per heavy atom. The lowest BCUT2D eigenvalue weighted by Crippen LogP contribution is -2.57. The van der Waals surface area contributed by atoms with Gasteiger partial charge in [0.25, 0.3) is 17.7 Å². The molecule has 11 heteroatoms. The van der Waals surface area contributed by atoms with Gasteiger partial charge in [0.2, 0.25) is 15.2 Å². The number of furan rings is 1. The van der Waals surface area contributed by atoms with E-state index in [1.807, 2.05) is 6.92 Å². The molecule has 0 saturated carbocycles. The van der Waals surface area contributed by atoms with Gasteiger partial charge in [-0.15, -0.1) is 0 Å². The molecular formula is C25H24ClN3O6S. The molecule has 0 bridgehead atoms. The molecule has 0 aliphatic carbocycles. The van der Waals surface area contributed by atoms with Crippen molar-refractivity contribution in [2.75, 3.05) is 26.2 Å². The number of piperazine rings is 1. The van der Waals surface area contributed by atoms with Gasteiger partial charge in [0, 0.05) is 36.8 Å². The van der Waals surface area contributed by atoms with Gasteiger partial charge < -0.3 is 19.5 Å². The molecule has 1 aromatic heterocycles. The third-order valence-corrected chi connectivity index (χ3v) is 7.98. The molecule has 1 N–H and O–H groups in total. The quantitative estimate of drug-likeness (QED) is 0.525. The van der Waals surface area contributed by atoms with Crippen LogP contribution in [-0.2, 0) is 14.6 Å². The van der Waals surface area contributed by atoms with Gasteiger partial charge in [-0.3, -0.25) is 14.4 Å². The molecule has 1 atom stereocenters. The van der Waals surface area contributed by atoms with Crippen molar-refractivity contribution in [2.45, 2.75) is 17.2 Å². The Morgan fingerprint density at radius 2 is 1.53 bits per heavy atom. The van der Waals surface area contributed by atoms with Crippen molar-refractivity contribution in [1.82, 2.24) is 15.1 Å². The normalized spacial score (nSPS) is 14.8. The zero-order valence-corrected chi connectivity index (χ0v) is 21.0. The second-order valence-corrected chi connectivity index (χ2v) is 10.8. The van der Waals surface area contributed by atoms with Crippen LogP contribution in [0.15, 0.2) is 76.2 Å². The van der Waals surface area contributed by atoms with E-state index in [-0.39, 0.29) is 42.7 Å². The predicted octanol–water partition coefficient (Wildman–Crippen LogP) is 2.76. The predicted molar refractivity (Wildman–Crippen MR) is 132 cm³/mol. The topological polar surface area (TPSA) is 117 Å². The smallest absolute Gasteiger partial charge is 0.288 e. The number of sulfone groups is 1. The molecule has 2 aromatic carbocycles. The van der Waals surface area contributed by atoms with Crippen molar-refractivity contribution in [3.63, 3.8) is 0 Å². The molecule has 9 nitrogen and oxygen atoms in total. The summed E-state index contributed by atoms with van der Waals surface area (Å²) in [7, 11) is -4.29. The Balaban J connectivity index is 1.53. The highest BCUT2D eigenvalue weighted by molar-refractivity contribution is 7.92. The average molecular weight is 530 g/mol. The minimum absolute atomic E-state index is 0.0947. The summed E-state index contributed by atoms with van der Waals surface area (Å²) in [5.41, 5.74) is 1.31. The van der Waals surface area contributed by atoms with Gasteiger partial charge in [0.15, 0.2) is 5.76 Å². The van der Waals surface area contributed by atoms with Crippen LogP contribution in [0, 0.1) is 6.92 Å². The first-order valence-electron chi connectivity index (χ1n) is 11.2. The second kappa shape index (κ2) is 10.5. The first-order chi connectivity index (χ1) is 17.2. The van der Waals surface area contributed by atoms with Gasteiger partial charge in [-0.25, -0.2) is 8.42 Å². The van der Waals surface area contributed by atoms with Crippen molar-refractivity contribution in [1.29, 1.82) is 0 Å². The molecule has 1 fully saturated rings. The first kappa shape index (κ1) is 25.5. The fourth-order valence-electron chi connectivity index (χ4n) is 3.80. The molecule has 0 radical (unpaired) electrons. The Labute approximate surface area is 213 Å². The van der Waals surface area contributed by atoms with E-state index in [4.69, 9.17) is 16.0 Å². The van der Waals surface area contributed by atoms with Crippen LogP contribution < -0.4 is 5.32 Å². The number of hydrogen-bond donors (Lipinski definition) is 1. The van der Waals surface area contributed by atoms with Crippen molar-refractivity contribution >= 4 is 39.2 Å². The molecule has 0 unspecified atom stereocenters. The maximum absolute atomic E-state index is 13.5. The molecule has 0 spiro atoms. The Kier molecular flexibility index (Phi) is 7.46. The second-order valence-electron chi connectivity index (χ2n) is 8.31. The lowest BCUT2D eigenvalue weighted by Gasteiger charge is -2.36. The fraction of sp³-hybridized carbons (Fsp3) is 0.240. The maximum atomic E-state index is 13.5. The summed E-state index contributed by atoms with van der Waals surface area (Å²) in [6, 6.07) is 15.4. The molecule has 188 valence electrons. The number of rotatable bonds is 6. The highest BCUT2D eigenvalue weighted by Gasteiger charge is 2.40. The fourth-order valence-corrected chi connectivity index (χ4v) is 5.40. The van der Waals surface area contributed by atoms with Crippen molar-refractivity contribution < 1.29 is 27.2 Å². The standard InChI is InChI=1S/C25H24ClN3O6S/c1-17-4-10-20(11-5-17)36(33,34)23(27-22(30)21-3-2-16-35-21)25(32)29-14-12-28(13-15-29)24(31)18-6-8-19(26)9-7-18/h2-11,16,23H,12-15H2,1H3,(H,27,30)/t23-/m1/s1. The molecule has 4 rings (SSSR count). The van der Waals surface area contributed by atoms with Gasteiger partial charge >= 0.3 is 0 Å². The summed E-state index contributed by atoms with van der Waals surface area (Å²) in [5, 5.41) is 0.979. The number of carbonyl (C=O) groups is 3. The number of nitrogens with zero attached hydrogens (tertiary/aromatic N) is 2. The highest BCUT2D eigenvalue weighted by Crippen LogP contribution is 2.20. The number of amides is 3. The molecule has 3 amide bonds. The van der Waals surface area contributed by atoms with E-state index in [1.54, 1.807) is 41.3 Å². The van der Waals surface area contributed by atoms with Gasteiger partial charge in [-0.1, -0.05) is 29.3 Å². The average Bonchev–Trinajstić information content (AvgIpc) is 3.42. The van der Waals surface area contributed by atoms with Crippen LogP contribution in [0.3, 0.4) is 0 Å². The SMILES string of the molecule is Cc1ccc(S(=O)(=O)[C@@H](NC(=O)c2ccco2)C(=O)N2CCN(C(=O)c3ccc(Cl)cc3)CC2)cc1. The molecule has 3 aromatic rings. The number of hydrogen-bond acceptors (Lipinski definition) is 6. The lowest BCUT2D eigenvalue weighted by atomic mass is 10.2. The number of halogens is 1. The van der Waals surface area contributed by atoms with Gasteiger partial charge in [0.1, 0.15) is 0 Å². The molecule has 1 saturated heterocycles. The maximum Gasteiger partial charge on any atom is 0.288 e. The van der Waals surface area contributed by atoms with Crippen LogP contribution in [0.25, 0.3) is 0 Å². The lowest BCUT2D eigenvalue weighted by molar-refractivity contribution is -0.132. The monoisotopic (exact) mass is 529 g/mol. The minimum atomic E-state index is -4.29. The van der Waals surface area contributed by atoms with Gasteiger partial charge in [-0.2, -0.15) is 0 Å². The van der Waals surface area contributed by atoms with Crippen LogP contribution in [0.2, 0.25) is 5.02 Å². The zero-order chi connectivity index (χ0) is 25.9. The van der Waals surface area contributed by atoms with Crippen molar-refractivity contribution in [3.05, 3.63) is 88.8 Å². The minimum Gasteiger partial charge on any atom is -0.459 e. The van der Waals surface area contributed by atoms with Crippen LogP contribution in [-0.4, -0.2) is 67.5 Å². The van der Waals surface area contributed by atoms with Gasteiger partial charge in [0.05, 0.1) is 11.2 Å². The Hall–Kier alpha value is -3.63. The van der Waals surface area contributed by atoms with Crippen molar-refractivity contribution in [3.8, 4) is 0 Å². The van der Waals surface area contributed by atoms with E-state index in [1.165, 1.54) is 35.4 Å². The van der Waals surface area contributed by atoms with Crippen molar-refractivity contribution in [2.24, 2.45) is 0 Å². The summed E-state index contributed by atoms with van der Waals surface area (Å²) in [6.07, 6.45) is 1.27. The third-order valence-electron chi connectivity index (χ3n) is 5.86. The zero-order valence-electron chi connectivity index (χ0n) is 19.4.